The molecule has 0 bridgehead atoms. The number of aryl methyl sites for hydroxylation is 1. The zero-order valence-corrected chi connectivity index (χ0v) is 19.3. The molecule has 4 rings (SSSR count). The zero-order valence-electron chi connectivity index (χ0n) is 18.4. The van der Waals surface area contributed by atoms with E-state index in [-0.39, 0.29) is 11.8 Å². The average Bonchev–Trinajstić information content (AvgIpc) is 2.92. The van der Waals surface area contributed by atoms with Crippen LogP contribution < -0.4 is 14.4 Å². The number of aromatic nitrogens is 3. The van der Waals surface area contributed by atoms with Gasteiger partial charge in [-0.3, -0.25) is 14.5 Å². The molecule has 2 aromatic carbocycles. The normalized spacial score (nSPS) is 14.4. The molecule has 33 heavy (non-hydrogen) atoms. The number of fused-ring (bicyclic) bond motifs is 3. The summed E-state index contributed by atoms with van der Waals surface area (Å²) in [4.78, 5) is 30.8. The third-order valence-electron chi connectivity index (χ3n) is 4.87. The number of hydrogen-bond acceptors (Lipinski definition) is 8. The number of nitrogens with zero attached hydrogens (tertiary/aromatic N) is 4. The lowest BCUT2D eigenvalue weighted by Crippen LogP contribution is -2.36. The Morgan fingerprint density at radius 1 is 1.21 bits per heavy atom. The Balaban J connectivity index is 1.95. The standard InChI is InChI=1S/C24H22N4O4S/c1-5-12-33-24-25-22-21(26-27-24)17-8-6-7-9-19(17)28(15(3)29)23(32-22)18-13-14(2)10-11-20(18)31-16(4)30/h5-11,13,23H,1,12H2,2-4H3/t23-/m1/s1. The molecule has 3 aromatic rings. The van der Waals surface area contributed by atoms with Gasteiger partial charge < -0.3 is 9.47 Å². The highest BCUT2D eigenvalue weighted by molar-refractivity contribution is 7.99. The summed E-state index contributed by atoms with van der Waals surface area (Å²) in [5, 5.41) is 9.00. The van der Waals surface area contributed by atoms with E-state index in [1.165, 1.54) is 30.5 Å². The van der Waals surface area contributed by atoms with Gasteiger partial charge in [0.2, 0.25) is 23.2 Å². The number of amides is 1. The first-order chi connectivity index (χ1) is 15.9. The molecular weight excluding hydrogens is 440 g/mol. The Bertz CT molecular complexity index is 1250. The number of rotatable bonds is 5. The van der Waals surface area contributed by atoms with Crippen molar-refractivity contribution in [3.8, 4) is 22.9 Å². The number of esters is 1. The average molecular weight is 463 g/mol. The minimum absolute atomic E-state index is 0.230. The Hall–Kier alpha value is -3.72. The van der Waals surface area contributed by atoms with E-state index in [4.69, 9.17) is 9.47 Å². The molecule has 1 atom stereocenters. The molecule has 168 valence electrons. The predicted molar refractivity (Wildman–Crippen MR) is 125 cm³/mol. The molecule has 0 radical (unpaired) electrons. The van der Waals surface area contributed by atoms with Crippen LogP contribution in [0.5, 0.6) is 11.6 Å². The molecule has 0 fully saturated rings. The van der Waals surface area contributed by atoms with E-state index in [0.29, 0.717) is 39.2 Å². The SMILES string of the molecule is C=CCSc1nnc2c(n1)O[C@H](c1cc(C)ccc1OC(C)=O)N(C(C)=O)c1ccccc1-2. The second-order valence-electron chi connectivity index (χ2n) is 7.36. The summed E-state index contributed by atoms with van der Waals surface area (Å²) < 4.78 is 11.8. The fourth-order valence-electron chi connectivity index (χ4n) is 3.56. The Kier molecular flexibility index (Phi) is 6.41. The molecule has 0 saturated carbocycles. The van der Waals surface area contributed by atoms with Crippen molar-refractivity contribution in [1.82, 2.24) is 15.2 Å². The van der Waals surface area contributed by atoms with Gasteiger partial charge in [0, 0.05) is 25.2 Å². The first-order valence-electron chi connectivity index (χ1n) is 10.2. The minimum Gasteiger partial charge on any atom is -0.447 e. The van der Waals surface area contributed by atoms with Gasteiger partial charge >= 0.3 is 5.97 Å². The van der Waals surface area contributed by atoms with Crippen molar-refractivity contribution < 1.29 is 19.1 Å². The maximum atomic E-state index is 12.9. The van der Waals surface area contributed by atoms with Crippen molar-refractivity contribution in [2.45, 2.75) is 32.2 Å². The molecule has 0 spiro atoms. The van der Waals surface area contributed by atoms with E-state index in [0.717, 1.165) is 5.56 Å². The smallest absolute Gasteiger partial charge is 0.308 e. The minimum atomic E-state index is -0.951. The first-order valence-corrected chi connectivity index (χ1v) is 11.2. The van der Waals surface area contributed by atoms with Crippen molar-refractivity contribution in [2.24, 2.45) is 0 Å². The van der Waals surface area contributed by atoms with Crippen LogP contribution in [0.1, 0.15) is 31.2 Å². The monoisotopic (exact) mass is 462 g/mol. The Labute approximate surface area is 195 Å². The van der Waals surface area contributed by atoms with E-state index in [1.807, 2.05) is 43.3 Å². The fourth-order valence-corrected chi connectivity index (χ4v) is 4.07. The summed E-state index contributed by atoms with van der Waals surface area (Å²) in [6.45, 7) is 8.40. The summed E-state index contributed by atoms with van der Waals surface area (Å²) in [6.07, 6.45) is 0.793. The van der Waals surface area contributed by atoms with Gasteiger partial charge in [0.1, 0.15) is 5.75 Å². The lowest BCUT2D eigenvalue weighted by molar-refractivity contribution is -0.132. The molecule has 9 heteroatoms. The van der Waals surface area contributed by atoms with Crippen LogP contribution >= 0.6 is 11.8 Å². The first kappa shape index (κ1) is 22.5. The largest absolute Gasteiger partial charge is 0.447 e. The molecule has 1 amide bonds. The number of anilines is 1. The van der Waals surface area contributed by atoms with Gasteiger partial charge in [0.25, 0.3) is 0 Å². The van der Waals surface area contributed by atoms with Gasteiger partial charge in [-0.25, -0.2) is 0 Å². The Morgan fingerprint density at radius 2 is 2.00 bits per heavy atom. The van der Waals surface area contributed by atoms with Gasteiger partial charge in [0.15, 0.2) is 5.69 Å². The van der Waals surface area contributed by atoms with Gasteiger partial charge in [-0.15, -0.1) is 16.8 Å². The molecule has 0 unspecified atom stereocenters. The summed E-state index contributed by atoms with van der Waals surface area (Å²) in [6, 6.07) is 12.7. The van der Waals surface area contributed by atoms with Crippen LogP contribution in [0.15, 0.2) is 60.3 Å². The number of benzene rings is 2. The maximum Gasteiger partial charge on any atom is 0.308 e. The second-order valence-corrected chi connectivity index (χ2v) is 8.35. The molecule has 1 aliphatic heterocycles. The fraction of sp³-hybridized carbons (Fsp3) is 0.208. The Morgan fingerprint density at radius 3 is 2.73 bits per heavy atom. The number of thioether (sulfide) groups is 1. The van der Waals surface area contributed by atoms with E-state index in [2.05, 4.69) is 21.8 Å². The van der Waals surface area contributed by atoms with Gasteiger partial charge in [-0.2, -0.15) is 4.98 Å². The number of ether oxygens (including phenoxy) is 2. The second kappa shape index (κ2) is 9.41. The molecular formula is C24H22N4O4S. The lowest BCUT2D eigenvalue weighted by Gasteiger charge is -2.30. The van der Waals surface area contributed by atoms with Crippen molar-refractivity contribution in [2.75, 3.05) is 10.7 Å². The highest BCUT2D eigenvalue weighted by Gasteiger charge is 2.36. The molecule has 0 N–H and O–H groups in total. The molecule has 1 aliphatic rings. The summed E-state index contributed by atoms with van der Waals surface area (Å²) >= 11 is 1.37. The van der Waals surface area contributed by atoms with Crippen molar-refractivity contribution >= 4 is 29.3 Å². The number of para-hydroxylation sites is 1. The van der Waals surface area contributed by atoms with E-state index >= 15 is 0 Å². The third kappa shape index (κ3) is 4.58. The van der Waals surface area contributed by atoms with Gasteiger partial charge in [0.05, 0.1) is 11.3 Å². The van der Waals surface area contributed by atoms with Crippen molar-refractivity contribution in [3.05, 3.63) is 66.2 Å². The highest BCUT2D eigenvalue weighted by atomic mass is 32.2. The summed E-state index contributed by atoms with van der Waals surface area (Å²) in [7, 11) is 0. The van der Waals surface area contributed by atoms with Crippen molar-refractivity contribution in [3.63, 3.8) is 0 Å². The molecule has 0 aliphatic carbocycles. The quantitative estimate of drug-likeness (QED) is 0.237. The van der Waals surface area contributed by atoms with Crippen LogP contribution in [0.2, 0.25) is 0 Å². The number of hydrogen-bond donors (Lipinski definition) is 0. The van der Waals surface area contributed by atoms with Gasteiger partial charge in [-0.05, 0) is 25.1 Å². The van der Waals surface area contributed by atoms with Crippen LogP contribution in [-0.4, -0.2) is 32.8 Å². The van der Waals surface area contributed by atoms with E-state index in [9.17, 15) is 9.59 Å². The topological polar surface area (TPSA) is 94.5 Å². The van der Waals surface area contributed by atoms with Crippen LogP contribution in [0, 0.1) is 6.92 Å². The highest BCUT2D eigenvalue weighted by Crippen LogP contribution is 2.45. The lowest BCUT2D eigenvalue weighted by atomic mass is 10.1. The molecule has 1 aromatic heterocycles. The van der Waals surface area contributed by atoms with Crippen LogP contribution in [0.4, 0.5) is 5.69 Å². The molecule has 8 nitrogen and oxygen atoms in total. The van der Waals surface area contributed by atoms with Crippen LogP contribution in [0.25, 0.3) is 11.3 Å². The van der Waals surface area contributed by atoms with Crippen LogP contribution in [-0.2, 0) is 9.59 Å². The maximum absolute atomic E-state index is 12.9. The summed E-state index contributed by atoms with van der Waals surface area (Å²) in [5.41, 5.74) is 3.10. The summed E-state index contributed by atoms with van der Waals surface area (Å²) in [5.74, 6) is 0.400. The zero-order chi connectivity index (χ0) is 23.5. The van der Waals surface area contributed by atoms with Crippen molar-refractivity contribution in [1.29, 1.82) is 0 Å². The number of carbonyl (C=O) groups excluding carboxylic acids is 2. The molecule has 0 saturated heterocycles. The van der Waals surface area contributed by atoms with E-state index < -0.39 is 12.2 Å². The third-order valence-corrected chi connectivity index (χ3v) is 5.70. The van der Waals surface area contributed by atoms with Gasteiger partial charge in [-0.1, -0.05) is 47.7 Å². The van der Waals surface area contributed by atoms with E-state index in [1.54, 1.807) is 12.1 Å². The number of carbonyl (C=O) groups is 2. The molecule has 2 heterocycles. The van der Waals surface area contributed by atoms with Crippen LogP contribution in [0.3, 0.4) is 0 Å². The predicted octanol–water partition coefficient (Wildman–Crippen LogP) is 4.49.